The van der Waals surface area contributed by atoms with E-state index in [1.165, 1.54) is 13.0 Å². The number of para-hydroxylation sites is 1. The lowest BCUT2D eigenvalue weighted by atomic mass is 10.1. The van der Waals surface area contributed by atoms with Crippen LogP contribution < -0.4 is 10.2 Å². The van der Waals surface area contributed by atoms with Crippen LogP contribution in [-0.4, -0.2) is 47.8 Å². The summed E-state index contributed by atoms with van der Waals surface area (Å²) in [5.41, 5.74) is 2.28. The number of rotatable bonds is 5. The van der Waals surface area contributed by atoms with E-state index in [1.54, 1.807) is 17.0 Å². The molecular weight excluding hydrogens is 372 g/mol. The number of anilines is 2. The molecule has 1 aliphatic heterocycles. The molecule has 8 heteroatoms. The van der Waals surface area contributed by atoms with E-state index in [1.807, 2.05) is 36.1 Å². The van der Waals surface area contributed by atoms with Gasteiger partial charge in [-0.25, -0.2) is 0 Å². The Morgan fingerprint density at radius 2 is 1.79 bits per heavy atom. The van der Waals surface area contributed by atoms with Crippen LogP contribution in [0.3, 0.4) is 0 Å². The third-order valence-electron chi connectivity index (χ3n) is 5.15. The average molecular weight is 396 g/mol. The van der Waals surface area contributed by atoms with Crippen molar-refractivity contribution in [3.05, 3.63) is 63.7 Å². The molecule has 1 saturated heterocycles. The van der Waals surface area contributed by atoms with Gasteiger partial charge in [0.1, 0.15) is 5.69 Å². The number of hydrogen-bond acceptors (Lipinski definition) is 5. The first-order valence-electron chi connectivity index (χ1n) is 9.59. The molecule has 0 saturated carbocycles. The van der Waals surface area contributed by atoms with Gasteiger partial charge in [0.2, 0.25) is 5.91 Å². The molecule has 3 rings (SSSR count). The van der Waals surface area contributed by atoms with E-state index in [4.69, 9.17) is 0 Å². The first-order valence-corrected chi connectivity index (χ1v) is 9.59. The number of nitrogens with one attached hydrogen (secondary N) is 1. The zero-order valence-corrected chi connectivity index (χ0v) is 16.6. The van der Waals surface area contributed by atoms with Crippen LogP contribution in [0.25, 0.3) is 0 Å². The van der Waals surface area contributed by atoms with Crippen LogP contribution in [0.4, 0.5) is 17.1 Å². The maximum absolute atomic E-state index is 12.7. The second kappa shape index (κ2) is 8.72. The summed E-state index contributed by atoms with van der Waals surface area (Å²) >= 11 is 0. The molecule has 2 amide bonds. The van der Waals surface area contributed by atoms with Gasteiger partial charge in [0, 0.05) is 50.4 Å². The zero-order chi connectivity index (χ0) is 21.0. The summed E-state index contributed by atoms with van der Waals surface area (Å²) in [4.78, 5) is 38.9. The normalized spacial score (nSPS) is 13.9. The SMILES string of the molecule is CCc1ccccc1NC(=O)c1ccc(N2CCN(C(C)=O)CC2)c([N+](=O)[O-])c1. The number of benzene rings is 2. The Labute approximate surface area is 169 Å². The first kappa shape index (κ1) is 20.3. The Morgan fingerprint density at radius 1 is 1.10 bits per heavy atom. The average Bonchev–Trinajstić information content (AvgIpc) is 2.73. The number of hydrogen-bond donors (Lipinski definition) is 1. The number of nitro groups is 1. The minimum absolute atomic E-state index is 0.00136. The van der Waals surface area contributed by atoms with Gasteiger partial charge in [-0.15, -0.1) is 0 Å². The fraction of sp³-hybridized carbons (Fsp3) is 0.333. The lowest BCUT2D eigenvalue weighted by Gasteiger charge is -2.35. The number of aryl methyl sites for hydroxylation is 1. The quantitative estimate of drug-likeness (QED) is 0.619. The topological polar surface area (TPSA) is 95.8 Å². The maximum atomic E-state index is 12.7. The molecule has 0 aliphatic carbocycles. The summed E-state index contributed by atoms with van der Waals surface area (Å²) in [6.45, 7) is 5.56. The first-order chi connectivity index (χ1) is 13.9. The number of nitro benzene ring substituents is 1. The van der Waals surface area contributed by atoms with Crippen LogP contribution in [0.1, 0.15) is 29.8 Å². The minimum atomic E-state index is -0.469. The Hall–Kier alpha value is -3.42. The van der Waals surface area contributed by atoms with Gasteiger partial charge in [0.05, 0.1) is 4.92 Å². The summed E-state index contributed by atoms with van der Waals surface area (Å²) in [5.74, 6) is -0.388. The van der Waals surface area contributed by atoms with Crippen LogP contribution in [0.5, 0.6) is 0 Å². The van der Waals surface area contributed by atoms with Gasteiger partial charge in [-0.3, -0.25) is 19.7 Å². The van der Waals surface area contributed by atoms with Gasteiger partial charge >= 0.3 is 0 Å². The number of nitrogens with zero attached hydrogens (tertiary/aromatic N) is 3. The van der Waals surface area contributed by atoms with Gasteiger partial charge in [-0.1, -0.05) is 25.1 Å². The Balaban J connectivity index is 1.82. The lowest BCUT2D eigenvalue weighted by molar-refractivity contribution is -0.384. The van der Waals surface area contributed by atoms with Crippen molar-refractivity contribution in [2.45, 2.75) is 20.3 Å². The molecule has 2 aromatic carbocycles. The molecule has 0 bridgehead atoms. The highest BCUT2D eigenvalue weighted by atomic mass is 16.6. The van der Waals surface area contributed by atoms with Gasteiger partial charge in [0.15, 0.2) is 0 Å². The van der Waals surface area contributed by atoms with Gasteiger partial charge in [0.25, 0.3) is 11.6 Å². The van der Waals surface area contributed by atoms with Crippen LogP contribution in [0.15, 0.2) is 42.5 Å². The maximum Gasteiger partial charge on any atom is 0.293 e. The van der Waals surface area contributed by atoms with Gasteiger partial charge < -0.3 is 15.1 Å². The lowest BCUT2D eigenvalue weighted by Crippen LogP contribution is -2.48. The Bertz CT molecular complexity index is 936. The van der Waals surface area contributed by atoms with Gasteiger partial charge in [-0.05, 0) is 30.2 Å². The standard InChI is InChI=1S/C21H24N4O4/c1-3-16-6-4-5-7-18(16)22-21(27)17-8-9-19(20(14-17)25(28)29)24-12-10-23(11-13-24)15(2)26/h4-9,14H,3,10-13H2,1-2H3,(H,22,27). The van der Waals surface area contributed by atoms with Crippen molar-refractivity contribution in [1.82, 2.24) is 4.90 Å². The summed E-state index contributed by atoms with van der Waals surface area (Å²) in [5, 5.41) is 14.5. The second-order valence-corrected chi connectivity index (χ2v) is 6.92. The molecule has 8 nitrogen and oxygen atoms in total. The predicted molar refractivity (Wildman–Crippen MR) is 111 cm³/mol. The highest BCUT2D eigenvalue weighted by Gasteiger charge is 2.26. The van der Waals surface area contributed by atoms with Gasteiger partial charge in [-0.2, -0.15) is 0 Å². The van der Waals surface area contributed by atoms with E-state index in [0.717, 1.165) is 12.0 Å². The summed E-state index contributed by atoms with van der Waals surface area (Å²) < 4.78 is 0. The molecule has 0 atom stereocenters. The Morgan fingerprint density at radius 3 is 2.41 bits per heavy atom. The molecule has 152 valence electrons. The van der Waals surface area contributed by atoms with E-state index < -0.39 is 4.92 Å². The van der Waals surface area contributed by atoms with Crippen molar-refractivity contribution >= 4 is 28.9 Å². The number of carbonyl (C=O) groups excluding carboxylic acids is 2. The van der Waals surface area contributed by atoms with E-state index in [2.05, 4.69) is 5.32 Å². The largest absolute Gasteiger partial charge is 0.362 e. The van der Waals surface area contributed by atoms with Crippen molar-refractivity contribution < 1.29 is 14.5 Å². The van der Waals surface area contributed by atoms with Crippen molar-refractivity contribution in [2.24, 2.45) is 0 Å². The molecule has 1 N–H and O–H groups in total. The minimum Gasteiger partial charge on any atom is -0.362 e. The van der Waals surface area contributed by atoms with Crippen LogP contribution in [-0.2, 0) is 11.2 Å². The molecule has 1 fully saturated rings. The Kier molecular flexibility index (Phi) is 6.11. The van der Waals surface area contributed by atoms with E-state index >= 15 is 0 Å². The summed E-state index contributed by atoms with van der Waals surface area (Å²) in [6.07, 6.45) is 0.766. The van der Waals surface area contributed by atoms with Crippen molar-refractivity contribution in [3.63, 3.8) is 0 Å². The highest BCUT2D eigenvalue weighted by Crippen LogP contribution is 2.30. The van der Waals surface area contributed by atoms with Crippen molar-refractivity contribution in [1.29, 1.82) is 0 Å². The van der Waals surface area contributed by atoms with Crippen molar-refractivity contribution in [2.75, 3.05) is 36.4 Å². The third-order valence-corrected chi connectivity index (χ3v) is 5.15. The van der Waals surface area contributed by atoms with E-state index in [9.17, 15) is 19.7 Å². The number of amides is 2. The third kappa shape index (κ3) is 4.53. The van der Waals surface area contributed by atoms with Crippen LogP contribution in [0, 0.1) is 10.1 Å². The molecule has 0 radical (unpaired) electrons. The van der Waals surface area contributed by atoms with E-state index in [0.29, 0.717) is 37.6 Å². The molecule has 0 spiro atoms. The smallest absolute Gasteiger partial charge is 0.293 e. The monoisotopic (exact) mass is 396 g/mol. The second-order valence-electron chi connectivity index (χ2n) is 6.92. The zero-order valence-electron chi connectivity index (χ0n) is 16.6. The predicted octanol–water partition coefficient (Wildman–Crippen LogP) is 3.08. The summed E-state index contributed by atoms with van der Waals surface area (Å²) in [6, 6.07) is 12.0. The van der Waals surface area contributed by atoms with Crippen LogP contribution in [0.2, 0.25) is 0 Å². The fourth-order valence-electron chi connectivity index (χ4n) is 3.49. The molecule has 0 unspecified atom stereocenters. The molecule has 0 aromatic heterocycles. The van der Waals surface area contributed by atoms with Crippen molar-refractivity contribution in [3.8, 4) is 0 Å². The number of piperazine rings is 1. The molecular formula is C21H24N4O4. The molecule has 1 aliphatic rings. The number of carbonyl (C=O) groups is 2. The van der Waals surface area contributed by atoms with E-state index in [-0.39, 0.29) is 23.1 Å². The highest BCUT2D eigenvalue weighted by molar-refractivity contribution is 6.05. The fourth-order valence-corrected chi connectivity index (χ4v) is 3.49. The summed E-state index contributed by atoms with van der Waals surface area (Å²) in [7, 11) is 0. The van der Waals surface area contributed by atoms with Crippen LogP contribution >= 0.6 is 0 Å². The molecule has 2 aromatic rings. The molecule has 29 heavy (non-hydrogen) atoms. The molecule has 1 heterocycles.